The lowest BCUT2D eigenvalue weighted by molar-refractivity contribution is -0.130. The molecule has 2 heterocycles. The summed E-state index contributed by atoms with van der Waals surface area (Å²) in [7, 11) is 0. The molecule has 2 rings (SSSR count). The number of amides is 3. The van der Waals surface area contributed by atoms with Crippen molar-refractivity contribution in [2.45, 2.75) is 26.7 Å². The minimum atomic E-state index is -0.264. The molecule has 0 aliphatic carbocycles. The van der Waals surface area contributed by atoms with Crippen molar-refractivity contribution in [3.05, 3.63) is 29.6 Å². The second kappa shape index (κ2) is 8.42. The van der Waals surface area contributed by atoms with Crippen molar-refractivity contribution < 1.29 is 14.4 Å². The fourth-order valence-corrected chi connectivity index (χ4v) is 2.54. The van der Waals surface area contributed by atoms with Gasteiger partial charge in [0, 0.05) is 39.6 Å². The highest BCUT2D eigenvalue weighted by atomic mass is 16.2. The standard InChI is InChI=1S/C17H24N4O3/c1-3-4-8-18-16(23)14-6-5-7-15(19-14)17(24)21-11-9-20(10-12-21)13(2)22/h5-7H,3-4,8-12H2,1-2H3,(H,18,23). The summed E-state index contributed by atoms with van der Waals surface area (Å²) in [6, 6.07) is 4.88. The number of hydrogen-bond acceptors (Lipinski definition) is 4. The van der Waals surface area contributed by atoms with Crippen LogP contribution in [0, 0.1) is 0 Å². The summed E-state index contributed by atoms with van der Waals surface area (Å²) in [5.74, 6) is -0.452. The van der Waals surface area contributed by atoms with Gasteiger partial charge in [-0.1, -0.05) is 19.4 Å². The van der Waals surface area contributed by atoms with E-state index in [1.165, 1.54) is 6.92 Å². The normalized spacial score (nSPS) is 14.4. The van der Waals surface area contributed by atoms with Crippen molar-refractivity contribution in [3.63, 3.8) is 0 Å². The number of rotatable bonds is 5. The summed E-state index contributed by atoms with van der Waals surface area (Å²) in [5, 5.41) is 2.79. The van der Waals surface area contributed by atoms with E-state index in [1.807, 2.05) is 0 Å². The van der Waals surface area contributed by atoms with Crippen LogP contribution in [0.1, 0.15) is 47.7 Å². The Morgan fingerprint density at radius 3 is 2.33 bits per heavy atom. The summed E-state index contributed by atoms with van der Waals surface area (Å²) in [4.78, 5) is 43.5. The number of carbonyl (C=O) groups excluding carboxylic acids is 3. The zero-order chi connectivity index (χ0) is 17.5. The molecule has 24 heavy (non-hydrogen) atoms. The third kappa shape index (κ3) is 4.53. The number of aromatic nitrogens is 1. The largest absolute Gasteiger partial charge is 0.351 e. The predicted molar refractivity (Wildman–Crippen MR) is 89.6 cm³/mol. The van der Waals surface area contributed by atoms with Crippen LogP contribution in [0.25, 0.3) is 0 Å². The molecule has 1 aliphatic rings. The third-order valence-corrected chi connectivity index (χ3v) is 4.03. The van der Waals surface area contributed by atoms with Crippen molar-refractivity contribution in [1.29, 1.82) is 0 Å². The van der Waals surface area contributed by atoms with Gasteiger partial charge in [0.2, 0.25) is 5.91 Å². The van der Waals surface area contributed by atoms with Gasteiger partial charge in [0.1, 0.15) is 11.4 Å². The minimum absolute atomic E-state index is 0.0194. The van der Waals surface area contributed by atoms with E-state index in [2.05, 4.69) is 17.2 Å². The van der Waals surface area contributed by atoms with Crippen LogP contribution in [-0.2, 0) is 4.79 Å². The summed E-state index contributed by atoms with van der Waals surface area (Å²) in [5.41, 5.74) is 0.508. The van der Waals surface area contributed by atoms with Gasteiger partial charge in [-0.25, -0.2) is 4.98 Å². The van der Waals surface area contributed by atoms with Gasteiger partial charge in [-0.15, -0.1) is 0 Å². The second-order valence-corrected chi connectivity index (χ2v) is 5.82. The molecule has 0 bridgehead atoms. The van der Waals surface area contributed by atoms with Crippen molar-refractivity contribution in [1.82, 2.24) is 20.1 Å². The molecule has 0 spiro atoms. The molecule has 1 aliphatic heterocycles. The summed E-state index contributed by atoms with van der Waals surface area (Å²) in [6.07, 6.45) is 1.91. The summed E-state index contributed by atoms with van der Waals surface area (Å²) < 4.78 is 0. The van der Waals surface area contributed by atoms with Crippen molar-refractivity contribution in [2.24, 2.45) is 0 Å². The van der Waals surface area contributed by atoms with Gasteiger partial charge in [-0.05, 0) is 18.6 Å². The van der Waals surface area contributed by atoms with Gasteiger partial charge < -0.3 is 15.1 Å². The van der Waals surface area contributed by atoms with Crippen LogP contribution >= 0.6 is 0 Å². The number of carbonyl (C=O) groups is 3. The molecule has 1 saturated heterocycles. The minimum Gasteiger partial charge on any atom is -0.351 e. The molecule has 1 fully saturated rings. The molecule has 0 unspecified atom stereocenters. The molecule has 3 amide bonds. The highest BCUT2D eigenvalue weighted by Crippen LogP contribution is 2.08. The zero-order valence-electron chi connectivity index (χ0n) is 14.2. The number of hydrogen-bond donors (Lipinski definition) is 1. The molecule has 1 aromatic heterocycles. The third-order valence-electron chi connectivity index (χ3n) is 4.03. The lowest BCUT2D eigenvalue weighted by Crippen LogP contribution is -2.50. The van der Waals surface area contributed by atoms with Crippen molar-refractivity contribution >= 4 is 17.7 Å². The molecule has 7 heteroatoms. The first-order chi connectivity index (χ1) is 11.5. The maximum atomic E-state index is 12.5. The summed E-state index contributed by atoms with van der Waals surface area (Å²) in [6.45, 7) is 6.19. The lowest BCUT2D eigenvalue weighted by Gasteiger charge is -2.34. The van der Waals surface area contributed by atoms with E-state index in [4.69, 9.17) is 0 Å². The van der Waals surface area contributed by atoms with Crippen molar-refractivity contribution in [2.75, 3.05) is 32.7 Å². The van der Waals surface area contributed by atoms with Crippen molar-refractivity contribution in [3.8, 4) is 0 Å². The van der Waals surface area contributed by atoms with Gasteiger partial charge in [-0.2, -0.15) is 0 Å². The lowest BCUT2D eigenvalue weighted by atomic mass is 10.2. The molecular formula is C17H24N4O3. The zero-order valence-corrected chi connectivity index (χ0v) is 14.2. The molecular weight excluding hydrogens is 308 g/mol. The number of nitrogens with one attached hydrogen (secondary N) is 1. The fourth-order valence-electron chi connectivity index (χ4n) is 2.54. The highest BCUT2D eigenvalue weighted by Gasteiger charge is 2.24. The summed E-state index contributed by atoms with van der Waals surface area (Å²) >= 11 is 0. The van der Waals surface area contributed by atoms with E-state index in [1.54, 1.807) is 28.0 Å². The van der Waals surface area contributed by atoms with Crippen LogP contribution in [0.15, 0.2) is 18.2 Å². The average molecular weight is 332 g/mol. The average Bonchev–Trinajstić information content (AvgIpc) is 2.61. The Labute approximate surface area is 142 Å². The smallest absolute Gasteiger partial charge is 0.272 e. The molecule has 1 aromatic rings. The number of unbranched alkanes of at least 4 members (excludes halogenated alkanes) is 1. The monoisotopic (exact) mass is 332 g/mol. The van der Waals surface area contributed by atoms with Gasteiger partial charge in [0.15, 0.2) is 0 Å². The maximum Gasteiger partial charge on any atom is 0.272 e. The SMILES string of the molecule is CCCCNC(=O)c1cccc(C(=O)N2CCN(C(C)=O)CC2)n1. The van der Waals surface area contributed by atoms with Gasteiger partial charge >= 0.3 is 0 Å². The van der Waals surface area contributed by atoms with Crippen LogP contribution in [0.5, 0.6) is 0 Å². The van der Waals surface area contributed by atoms with E-state index in [0.717, 1.165) is 12.8 Å². The van der Waals surface area contributed by atoms with Crippen LogP contribution in [0.2, 0.25) is 0 Å². The molecule has 0 atom stereocenters. The highest BCUT2D eigenvalue weighted by molar-refractivity contribution is 5.96. The molecule has 0 radical (unpaired) electrons. The Balaban J connectivity index is 1.99. The Morgan fingerprint density at radius 2 is 1.71 bits per heavy atom. The van der Waals surface area contributed by atoms with Crippen LogP contribution in [0.4, 0.5) is 0 Å². The maximum absolute atomic E-state index is 12.5. The number of nitrogens with zero attached hydrogens (tertiary/aromatic N) is 3. The Bertz CT molecular complexity index is 610. The second-order valence-electron chi connectivity index (χ2n) is 5.82. The van der Waals surface area contributed by atoms with Crippen LogP contribution in [-0.4, -0.2) is 65.2 Å². The first kappa shape index (κ1) is 17.9. The molecule has 1 N–H and O–H groups in total. The van der Waals surface area contributed by atoms with Gasteiger partial charge in [0.05, 0.1) is 0 Å². The van der Waals surface area contributed by atoms with E-state index in [0.29, 0.717) is 32.7 Å². The first-order valence-electron chi connectivity index (χ1n) is 8.33. The van der Waals surface area contributed by atoms with E-state index in [9.17, 15) is 14.4 Å². The van der Waals surface area contributed by atoms with Crippen LogP contribution < -0.4 is 5.32 Å². The van der Waals surface area contributed by atoms with Crippen LogP contribution in [0.3, 0.4) is 0 Å². The molecule has 7 nitrogen and oxygen atoms in total. The van der Waals surface area contributed by atoms with Gasteiger partial charge in [0.25, 0.3) is 11.8 Å². The Kier molecular flexibility index (Phi) is 6.28. The van der Waals surface area contributed by atoms with E-state index in [-0.39, 0.29) is 29.1 Å². The topological polar surface area (TPSA) is 82.6 Å². The Hall–Kier alpha value is -2.44. The van der Waals surface area contributed by atoms with E-state index >= 15 is 0 Å². The number of pyridine rings is 1. The first-order valence-corrected chi connectivity index (χ1v) is 8.33. The fraction of sp³-hybridized carbons (Fsp3) is 0.529. The van der Waals surface area contributed by atoms with Gasteiger partial charge in [-0.3, -0.25) is 14.4 Å². The molecule has 0 saturated carbocycles. The molecule has 130 valence electrons. The quantitative estimate of drug-likeness (QED) is 0.813. The Morgan fingerprint density at radius 1 is 1.08 bits per heavy atom. The predicted octanol–water partition coefficient (Wildman–Crippen LogP) is 0.916. The van der Waals surface area contributed by atoms with E-state index < -0.39 is 0 Å². The molecule has 0 aromatic carbocycles. The number of piperazine rings is 1.